The molecule has 2 N–H and O–H groups in total. The molecule has 1 heterocycles. The Morgan fingerprint density at radius 3 is 2.38 bits per heavy atom. The Bertz CT molecular complexity index is 454. The fraction of sp³-hybridized carbons (Fsp3) is 0.308. The molecule has 0 radical (unpaired) electrons. The summed E-state index contributed by atoms with van der Waals surface area (Å²) in [6, 6.07) is 10.4. The van der Waals surface area contributed by atoms with Gasteiger partial charge in [0.25, 0.3) is 0 Å². The standard InChI is InChI=1S/C13H17N3/c1-10(2)12-5-3-11(4-6-12)9-16-13(14)7-8-15-16/h3-8,10H,9,14H2,1-2H3. The summed E-state index contributed by atoms with van der Waals surface area (Å²) in [7, 11) is 0. The minimum Gasteiger partial charge on any atom is -0.384 e. The average Bonchev–Trinajstić information content (AvgIpc) is 2.65. The maximum Gasteiger partial charge on any atom is 0.122 e. The summed E-state index contributed by atoms with van der Waals surface area (Å²) < 4.78 is 1.80. The maximum atomic E-state index is 5.77. The molecule has 1 aromatic heterocycles. The number of aromatic nitrogens is 2. The monoisotopic (exact) mass is 215 g/mol. The highest BCUT2D eigenvalue weighted by molar-refractivity contribution is 5.29. The molecule has 0 aliphatic heterocycles. The Labute approximate surface area is 95.9 Å². The number of nitrogen functional groups attached to an aromatic ring is 1. The van der Waals surface area contributed by atoms with Gasteiger partial charge < -0.3 is 5.73 Å². The van der Waals surface area contributed by atoms with Gasteiger partial charge in [-0.25, -0.2) is 4.68 Å². The third kappa shape index (κ3) is 2.24. The first-order valence-electron chi connectivity index (χ1n) is 5.53. The summed E-state index contributed by atoms with van der Waals surface area (Å²) in [5.74, 6) is 1.27. The number of benzene rings is 1. The van der Waals surface area contributed by atoms with E-state index in [1.54, 1.807) is 10.9 Å². The summed E-state index contributed by atoms with van der Waals surface area (Å²) >= 11 is 0. The van der Waals surface area contributed by atoms with Crippen LogP contribution in [0.15, 0.2) is 36.5 Å². The van der Waals surface area contributed by atoms with Gasteiger partial charge in [-0.3, -0.25) is 0 Å². The van der Waals surface area contributed by atoms with E-state index in [-0.39, 0.29) is 0 Å². The molecule has 0 bridgehead atoms. The lowest BCUT2D eigenvalue weighted by molar-refractivity contribution is 0.696. The van der Waals surface area contributed by atoms with E-state index in [1.165, 1.54) is 11.1 Å². The SMILES string of the molecule is CC(C)c1ccc(Cn2nccc2N)cc1. The second-order valence-corrected chi connectivity index (χ2v) is 4.31. The molecule has 0 unspecified atom stereocenters. The highest BCUT2D eigenvalue weighted by Crippen LogP contribution is 2.15. The normalized spacial score (nSPS) is 10.9. The van der Waals surface area contributed by atoms with Gasteiger partial charge in [0.05, 0.1) is 12.7 Å². The van der Waals surface area contributed by atoms with E-state index in [4.69, 9.17) is 5.73 Å². The fourth-order valence-corrected chi connectivity index (χ4v) is 1.66. The lowest BCUT2D eigenvalue weighted by atomic mass is 10.0. The molecule has 3 heteroatoms. The van der Waals surface area contributed by atoms with E-state index in [9.17, 15) is 0 Å². The number of nitrogens with two attached hydrogens (primary N) is 1. The molecule has 1 aromatic carbocycles. The Morgan fingerprint density at radius 2 is 1.88 bits per heavy atom. The zero-order chi connectivity index (χ0) is 11.5. The molecule has 0 aliphatic carbocycles. The number of anilines is 1. The van der Waals surface area contributed by atoms with Crippen LogP contribution in [0.1, 0.15) is 30.9 Å². The molecular formula is C13H17N3. The molecule has 0 atom stereocenters. The van der Waals surface area contributed by atoms with Gasteiger partial charge in [-0.1, -0.05) is 38.1 Å². The first-order chi connectivity index (χ1) is 7.66. The molecule has 0 aliphatic rings. The minimum atomic E-state index is 0.573. The first-order valence-corrected chi connectivity index (χ1v) is 5.53. The first kappa shape index (κ1) is 10.7. The summed E-state index contributed by atoms with van der Waals surface area (Å²) in [5, 5.41) is 4.16. The van der Waals surface area contributed by atoms with Crippen LogP contribution in [-0.4, -0.2) is 9.78 Å². The van der Waals surface area contributed by atoms with Gasteiger partial charge in [0.2, 0.25) is 0 Å². The van der Waals surface area contributed by atoms with Crippen molar-refractivity contribution < 1.29 is 0 Å². The van der Waals surface area contributed by atoms with Gasteiger partial charge in [0.15, 0.2) is 0 Å². The predicted molar refractivity (Wildman–Crippen MR) is 66.3 cm³/mol. The van der Waals surface area contributed by atoms with Gasteiger partial charge in [-0.05, 0) is 23.1 Å². The Kier molecular flexibility index (Phi) is 2.95. The zero-order valence-corrected chi connectivity index (χ0v) is 9.72. The van der Waals surface area contributed by atoms with Crippen LogP contribution in [0, 0.1) is 0 Å². The van der Waals surface area contributed by atoms with E-state index in [0.717, 1.165) is 6.54 Å². The number of hydrogen-bond donors (Lipinski definition) is 1. The average molecular weight is 215 g/mol. The predicted octanol–water partition coefficient (Wildman–Crippen LogP) is 2.64. The van der Waals surface area contributed by atoms with Gasteiger partial charge in [0, 0.05) is 0 Å². The summed E-state index contributed by atoms with van der Waals surface area (Å²) in [6.07, 6.45) is 1.72. The van der Waals surface area contributed by atoms with Crippen molar-refractivity contribution in [3.63, 3.8) is 0 Å². The summed E-state index contributed by atoms with van der Waals surface area (Å²) in [5.41, 5.74) is 8.35. The minimum absolute atomic E-state index is 0.573. The third-order valence-electron chi connectivity index (χ3n) is 2.73. The molecule has 0 saturated heterocycles. The lowest BCUT2D eigenvalue weighted by Crippen LogP contribution is -2.05. The number of nitrogens with zero attached hydrogens (tertiary/aromatic N) is 2. The largest absolute Gasteiger partial charge is 0.384 e. The molecule has 2 aromatic rings. The van der Waals surface area contributed by atoms with Crippen molar-refractivity contribution in [1.82, 2.24) is 9.78 Å². The Balaban J connectivity index is 2.14. The van der Waals surface area contributed by atoms with Crippen molar-refractivity contribution in [2.75, 3.05) is 5.73 Å². The van der Waals surface area contributed by atoms with Crippen molar-refractivity contribution in [2.45, 2.75) is 26.3 Å². The van der Waals surface area contributed by atoms with Gasteiger partial charge in [-0.2, -0.15) is 5.10 Å². The quantitative estimate of drug-likeness (QED) is 0.855. The van der Waals surface area contributed by atoms with Crippen LogP contribution in [0.2, 0.25) is 0 Å². The number of hydrogen-bond acceptors (Lipinski definition) is 2. The van der Waals surface area contributed by atoms with E-state index in [0.29, 0.717) is 11.7 Å². The van der Waals surface area contributed by atoms with Gasteiger partial charge in [-0.15, -0.1) is 0 Å². The van der Waals surface area contributed by atoms with Crippen molar-refractivity contribution in [1.29, 1.82) is 0 Å². The highest BCUT2D eigenvalue weighted by atomic mass is 15.3. The van der Waals surface area contributed by atoms with Crippen LogP contribution in [0.3, 0.4) is 0 Å². The molecule has 0 saturated carbocycles. The van der Waals surface area contributed by atoms with Crippen molar-refractivity contribution in [3.8, 4) is 0 Å². The summed E-state index contributed by atoms with van der Waals surface area (Å²) in [6.45, 7) is 5.12. The molecule has 3 nitrogen and oxygen atoms in total. The second kappa shape index (κ2) is 4.39. The molecule has 16 heavy (non-hydrogen) atoms. The van der Waals surface area contributed by atoms with Gasteiger partial charge in [0.1, 0.15) is 5.82 Å². The molecule has 84 valence electrons. The number of rotatable bonds is 3. The summed E-state index contributed by atoms with van der Waals surface area (Å²) in [4.78, 5) is 0. The molecular weight excluding hydrogens is 198 g/mol. The van der Waals surface area contributed by atoms with Crippen molar-refractivity contribution in [3.05, 3.63) is 47.7 Å². The Hall–Kier alpha value is -1.77. The second-order valence-electron chi connectivity index (χ2n) is 4.31. The van der Waals surface area contributed by atoms with E-state index < -0.39 is 0 Å². The third-order valence-corrected chi connectivity index (χ3v) is 2.73. The Morgan fingerprint density at radius 1 is 1.19 bits per heavy atom. The van der Waals surface area contributed by atoms with Crippen LogP contribution in [0.4, 0.5) is 5.82 Å². The molecule has 0 spiro atoms. The van der Waals surface area contributed by atoms with E-state index >= 15 is 0 Å². The van der Waals surface area contributed by atoms with Crippen LogP contribution in [0.25, 0.3) is 0 Å². The van der Waals surface area contributed by atoms with Crippen LogP contribution in [0.5, 0.6) is 0 Å². The van der Waals surface area contributed by atoms with Crippen molar-refractivity contribution >= 4 is 5.82 Å². The van der Waals surface area contributed by atoms with Crippen LogP contribution < -0.4 is 5.73 Å². The van der Waals surface area contributed by atoms with Crippen molar-refractivity contribution in [2.24, 2.45) is 0 Å². The smallest absolute Gasteiger partial charge is 0.122 e. The van der Waals surface area contributed by atoms with E-state index in [1.807, 2.05) is 6.07 Å². The lowest BCUT2D eigenvalue weighted by Gasteiger charge is -2.08. The van der Waals surface area contributed by atoms with Crippen LogP contribution >= 0.6 is 0 Å². The molecule has 2 rings (SSSR count). The van der Waals surface area contributed by atoms with Gasteiger partial charge >= 0.3 is 0 Å². The highest BCUT2D eigenvalue weighted by Gasteiger charge is 2.01. The zero-order valence-electron chi connectivity index (χ0n) is 9.72. The van der Waals surface area contributed by atoms with Crippen LogP contribution in [-0.2, 0) is 6.54 Å². The molecule has 0 amide bonds. The fourth-order valence-electron chi connectivity index (χ4n) is 1.66. The van der Waals surface area contributed by atoms with E-state index in [2.05, 4.69) is 43.2 Å². The molecule has 0 fully saturated rings. The maximum absolute atomic E-state index is 5.77. The topological polar surface area (TPSA) is 43.8 Å².